The summed E-state index contributed by atoms with van der Waals surface area (Å²) in [6, 6.07) is 0. The molecule has 0 N–H and O–H groups in total. The Balaban J connectivity index is 2.87. The first-order chi connectivity index (χ1) is 7.32. The molecular formula is C12H22O2S2. The topological polar surface area (TPSA) is 34.1 Å². The molecule has 1 heterocycles. The van der Waals surface area contributed by atoms with Crippen molar-refractivity contribution >= 4 is 28.3 Å². The molecule has 2 nitrogen and oxygen atoms in total. The smallest absolute Gasteiger partial charge is 0.162 e. The Kier molecular flexibility index (Phi) is 4.64. The van der Waals surface area contributed by atoms with Crippen LogP contribution in [-0.4, -0.2) is 25.6 Å². The van der Waals surface area contributed by atoms with Crippen molar-refractivity contribution in [3.05, 3.63) is 0 Å². The standard InChI is InChI=1S/C12H22O2S2/c1-5-12(10(13)9-11(2,3)4)15-7-6-8-16(12)14/h5-9H2,1-4H3/t12-,16?/m1/s1. The van der Waals surface area contributed by atoms with Gasteiger partial charge in [0.25, 0.3) is 0 Å². The van der Waals surface area contributed by atoms with Crippen molar-refractivity contribution in [2.24, 2.45) is 5.41 Å². The van der Waals surface area contributed by atoms with E-state index in [0.717, 1.165) is 12.2 Å². The Hall–Kier alpha value is 0.170. The maximum atomic E-state index is 12.4. The van der Waals surface area contributed by atoms with Gasteiger partial charge in [0.2, 0.25) is 0 Å². The molecular weight excluding hydrogens is 240 g/mol. The SMILES string of the molecule is CC[C@@]1(C(=O)CC(C)(C)C)SCCCS1=O. The van der Waals surface area contributed by atoms with Gasteiger partial charge in [-0.3, -0.25) is 9.00 Å². The second-order valence-corrected chi connectivity index (χ2v) is 8.97. The van der Waals surface area contributed by atoms with Crippen LogP contribution in [0.25, 0.3) is 0 Å². The highest BCUT2D eigenvalue weighted by Crippen LogP contribution is 2.41. The van der Waals surface area contributed by atoms with Crippen LogP contribution in [-0.2, 0) is 15.6 Å². The van der Waals surface area contributed by atoms with Crippen LogP contribution in [0, 0.1) is 5.41 Å². The second kappa shape index (κ2) is 5.21. The normalized spacial score (nSPS) is 31.4. The van der Waals surface area contributed by atoms with Crippen LogP contribution < -0.4 is 0 Å². The number of hydrogen-bond acceptors (Lipinski definition) is 3. The number of thioether (sulfide) groups is 1. The lowest BCUT2D eigenvalue weighted by Gasteiger charge is -2.35. The fourth-order valence-corrected chi connectivity index (χ4v) is 5.59. The molecule has 94 valence electrons. The van der Waals surface area contributed by atoms with Crippen molar-refractivity contribution in [2.75, 3.05) is 11.5 Å². The van der Waals surface area contributed by atoms with E-state index in [2.05, 4.69) is 20.8 Å². The van der Waals surface area contributed by atoms with Gasteiger partial charge in [-0.25, -0.2) is 0 Å². The van der Waals surface area contributed by atoms with E-state index in [1.54, 1.807) is 11.8 Å². The maximum Gasteiger partial charge on any atom is 0.162 e. The molecule has 0 aromatic rings. The first-order valence-corrected chi connectivity index (χ1v) is 8.18. The Morgan fingerprint density at radius 2 is 2.06 bits per heavy atom. The van der Waals surface area contributed by atoms with Gasteiger partial charge >= 0.3 is 0 Å². The van der Waals surface area contributed by atoms with E-state index in [-0.39, 0.29) is 11.2 Å². The van der Waals surface area contributed by atoms with E-state index in [4.69, 9.17) is 0 Å². The zero-order valence-corrected chi connectivity index (χ0v) is 12.3. The highest BCUT2D eigenvalue weighted by Gasteiger charge is 2.45. The Bertz CT molecular complexity index is 294. The van der Waals surface area contributed by atoms with Crippen LogP contribution in [0.2, 0.25) is 0 Å². The van der Waals surface area contributed by atoms with Crippen molar-refractivity contribution in [1.29, 1.82) is 0 Å². The minimum absolute atomic E-state index is 0.0124. The molecule has 0 aliphatic carbocycles. The molecule has 1 rings (SSSR count). The molecule has 0 spiro atoms. The predicted molar refractivity (Wildman–Crippen MR) is 72.2 cm³/mol. The zero-order chi connectivity index (χ0) is 12.4. The third kappa shape index (κ3) is 3.10. The molecule has 1 saturated heterocycles. The minimum Gasteiger partial charge on any atom is -0.297 e. The Morgan fingerprint density at radius 3 is 2.50 bits per heavy atom. The summed E-state index contributed by atoms with van der Waals surface area (Å²) >= 11 is 1.62. The summed E-state index contributed by atoms with van der Waals surface area (Å²) in [5, 5.41) is 0. The average molecular weight is 262 g/mol. The lowest BCUT2D eigenvalue weighted by Crippen LogP contribution is -2.44. The number of ketones is 1. The van der Waals surface area contributed by atoms with Gasteiger partial charge in [0.15, 0.2) is 5.78 Å². The molecule has 0 aromatic carbocycles. The van der Waals surface area contributed by atoms with E-state index in [1.165, 1.54) is 0 Å². The van der Waals surface area contributed by atoms with Crippen molar-refractivity contribution < 1.29 is 9.00 Å². The predicted octanol–water partition coefficient (Wildman–Crippen LogP) is 2.98. The second-order valence-electron chi connectivity index (χ2n) is 5.52. The van der Waals surface area contributed by atoms with Gasteiger partial charge in [0.05, 0.1) is 0 Å². The third-order valence-electron chi connectivity index (χ3n) is 2.76. The number of carbonyl (C=O) groups is 1. The van der Waals surface area contributed by atoms with Crippen LogP contribution in [0.15, 0.2) is 0 Å². The monoisotopic (exact) mass is 262 g/mol. The maximum absolute atomic E-state index is 12.4. The first kappa shape index (κ1) is 14.2. The minimum atomic E-state index is -0.988. The third-order valence-corrected chi connectivity index (χ3v) is 7.06. The molecule has 16 heavy (non-hydrogen) atoms. The summed E-state index contributed by atoms with van der Waals surface area (Å²) in [7, 11) is -0.988. The number of rotatable bonds is 3. The van der Waals surface area contributed by atoms with Crippen LogP contribution in [0.5, 0.6) is 0 Å². The Labute approximate surface area is 105 Å². The lowest BCUT2D eigenvalue weighted by atomic mass is 9.88. The largest absolute Gasteiger partial charge is 0.297 e. The summed E-state index contributed by atoms with van der Waals surface area (Å²) in [5.74, 6) is 1.84. The van der Waals surface area contributed by atoms with Crippen LogP contribution in [0.4, 0.5) is 0 Å². The summed E-state index contributed by atoms with van der Waals surface area (Å²) in [6.45, 7) is 8.16. The van der Waals surface area contributed by atoms with Crippen LogP contribution in [0.1, 0.15) is 47.0 Å². The van der Waals surface area contributed by atoms with Crippen molar-refractivity contribution in [2.45, 2.75) is 51.0 Å². The molecule has 1 unspecified atom stereocenters. The highest BCUT2D eigenvalue weighted by atomic mass is 32.2. The molecule has 1 aliphatic rings. The lowest BCUT2D eigenvalue weighted by molar-refractivity contribution is -0.121. The van der Waals surface area contributed by atoms with Gasteiger partial charge in [-0.2, -0.15) is 0 Å². The van der Waals surface area contributed by atoms with Crippen molar-refractivity contribution in [1.82, 2.24) is 0 Å². The van der Waals surface area contributed by atoms with Gasteiger partial charge in [-0.05, 0) is 24.0 Å². The number of hydrogen-bond donors (Lipinski definition) is 0. The highest BCUT2D eigenvalue weighted by molar-refractivity contribution is 8.14. The van der Waals surface area contributed by atoms with E-state index >= 15 is 0 Å². The Morgan fingerprint density at radius 1 is 1.44 bits per heavy atom. The van der Waals surface area contributed by atoms with Gasteiger partial charge in [0.1, 0.15) is 4.08 Å². The quantitative estimate of drug-likeness (QED) is 0.784. The molecule has 0 amide bonds. The summed E-state index contributed by atoms with van der Waals surface area (Å²) < 4.78 is 11.5. The number of Topliss-reactive ketones (excluding diaryl/α,β-unsaturated/α-hetero) is 1. The van der Waals surface area contributed by atoms with Gasteiger partial charge < -0.3 is 0 Å². The summed E-state index contributed by atoms with van der Waals surface area (Å²) in [4.78, 5) is 12.4. The molecule has 1 aliphatic heterocycles. The fourth-order valence-electron chi connectivity index (χ4n) is 1.94. The van der Waals surface area contributed by atoms with E-state index in [1.807, 2.05) is 6.92 Å². The van der Waals surface area contributed by atoms with E-state index in [0.29, 0.717) is 18.6 Å². The first-order valence-electron chi connectivity index (χ1n) is 5.87. The average Bonchev–Trinajstić information content (AvgIpc) is 2.16. The molecule has 4 heteroatoms. The van der Waals surface area contributed by atoms with E-state index in [9.17, 15) is 9.00 Å². The van der Waals surface area contributed by atoms with Crippen LogP contribution in [0.3, 0.4) is 0 Å². The fraction of sp³-hybridized carbons (Fsp3) is 0.917. The van der Waals surface area contributed by atoms with Crippen molar-refractivity contribution in [3.63, 3.8) is 0 Å². The molecule has 0 radical (unpaired) electrons. The van der Waals surface area contributed by atoms with Gasteiger partial charge in [-0.1, -0.05) is 27.7 Å². The van der Waals surface area contributed by atoms with Gasteiger partial charge in [0, 0.05) is 23.0 Å². The van der Waals surface area contributed by atoms with E-state index < -0.39 is 14.9 Å². The van der Waals surface area contributed by atoms with Crippen LogP contribution >= 0.6 is 11.8 Å². The molecule has 0 bridgehead atoms. The molecule has 0 aromatic heterocycles. The zero-order valence-electron chi connectivity index (χ0n) is 10.7. The summed E-state index contributed by atoms with van der Waals surface area (Å²) in [5.41, 5.74) is -0.0124. The van der Waals surface area contributed by atoms with Crippen molar-refractivity contribution in [3.8, 4) is 0 Å². The number of carbonyl (C=O) groups excluding carboxylic acids is 1. The van der Waals surface area contributed by atoms with Gasteiger partial charge in [-0.15, -0.1) is 11.8 Å². The summed E-state index contributed by atoms with van der Waals surface area (Å²) in [6.07, 6.45) is 2.20. The molecule has 1 fully saturated rings. The molecule has 0 saturated carbocycles. The molecule has 2 atom stereocenters.